The molecule has 0 saturated carbocycles. The lowest BCUT2D eigenvalue weighted by Crippen LogP contribution is -2.13. The van der Waals surface area contributed by atoms with E-state index in [1.165, 1.54) is 0 Å². The zero-order valence-corrected chi connectivity index (χ0v) is 7.74. The molecule has 1 aromatic rings. The highest BCUT2D eigenvalue weighted by atomic mass is 16.5. The van der Waals surface area contributed by atoms with Crippen molar-refractivity contribution in [2.45, 2.75) is 13.0 Å². The van der Waals surface area contributed by atoms with Gasteiger partial charge in [0.2, 0.25) is 5.88 Å². The summed E-state index contributed by atoms with van der Waals surface area (Å²) in [6, 6.07) is 5.46. The Morgan fingerprint density at radius 3 is 3.00 bits per heavy atom. The molecule has 1 unspecified atom stereocenters. The van der Waals surface area contributed by atoms with E-state index < -0.39 is 0 Å². The third-order valence-corrected chi connectivity index (χ3v) is 1.55. The molecule has 0 bridgehead atoms. The molecule has 0 fully saturated rings. The first-order chi connectivity index (χ1) is 6.26. The fourth-order valence-electron chi connectivity index (χ4n) is 0.872. The van der Waals surface area contributed by atoms with Crippen LogP contribution in [-0.4, -0.2) is 18.1 Å². The smallest absolute Gasteiger partial charge is 0.214 e. The fourth-order valence-corrected chi connectivity index (χ4v) is 0.872. The maximum absolute atomic E-state index is 5.22. The number of hydrogen-bond acceptors (Lipinski definition) is 3. The van der Waals surface area contributed by atoms with Crippen molar-refractivity contribution in [1.82, 2.24) is 4.98 Å². The van der Waals surface area contributed by atoms with Crippen molar-refractivity contribution in [3.8, 4) is 18.2 Å². The van der Waals surface area contributed by atoms with Gasteiger partial charge in [-0.2, -0.15) is 4.98 Å². The molecule has 0 spiro atoms. The van der Waals surface area contributed by atoms with Gasteiger partial charge in [0.25, 0.3) is 0 Å². The predicted molar refractivity (Wildman–Crippen MR) is 52.7 cm³/mol. The van der Waals surface area contributed by atoms with Gasteiger partial charge in [-0.1, -0.05) is 12.0 Å². The first-order valence-corrected chi connectivity index (χ1v) is 4.00. The third kappa shape index (κ3) is 2.68. The van der Waals surface area contributed by atoms with Gasteiger partial charge in [0, 0.05) is 6.07 Å². The Hall–Kier alpha value is -1.69. The first-order valence-electron chi connectivity index (χ1n) is 4.00. The molecule has 68 valence electrons. The summed E-state index contributed by atoms with van der Waals surface area (Å²) < 4.78 is 4.97. The zero-order valence-electron chi connectivity index (χ0n) is 7.74. The molecule has 3 nitrogen and oxygen atoms in total. The van der Waals surface area contributed by atoms with Crippen molar-refractivity contribution in [3.63, 3.8) is 0 Å². The van der Waals surface area contributed by atoms with Gasteiger partial charge in [-0.05, 0) is 13.0 Å². The average Bonchev–Trinajstić information content (AvgIpc) is 2.18. The molecule has 1 N–H and O–H groups in total. The first kappa shape index (κ1) is 9.40. The minimum atomic E-state index is -0.0281. The summed E-state index contributed by atoms with van der Waals surface area (Å²) in [5, 5.41) is 3.04. The molecule has 0 aromatic carbocycles. The van der Waals surface area contributed by atoms with Crippen LogP contribution in [0.5, 0.6) is 5.88 Å². The van der Waals surface area contributed by atoms with Crippen LogP contribution >= 0.6 is 0 Å². The quantitative estimate of drug-likeness (QED) is 0.709. The molecule has 0 aliphatic heterocycles. The van der Waals surface area contributed by atoms with Crippen LogP contribution in [0.15, 0.2) is 18.2 Å². The van der Waals surface area contributed by atoms with Crippen molar-refractivity contribution in [1.29, 1.82) is 0 Å². The van der Waals surface area contributed by atoms with E-state index in [9.17, 15) is 0 Å². The molecule has 1 heterocycles. The van der Waals surface area contributed by atoms with E-state index >= 15 is 0 Å². The normalized spacial score (nSPS) is 11.5. The molecule has 13 heavy (non-hydrogen) atoms. The van der Waals surface area contributed by atoms with E-state index in [4.69, 9.17) is 11.2 Å². The molecule has 0 amide bonds. The summed E-state index contributed by atoms with van der Waals surface area (Å²) in [6.07, 6.45) is 5.22. The van der Waals surface area contributed by atoms with Crippen molar-refractivity contribution in [3.05, 3.63) is 18.2 Å². The second kappa shape index (κ2) is 4.36. The number of terminal acetylenes is 1. The summed E-state index contributed by atoms with van der Waals surface area (Å²) in [5.74, 6) is 3.86. The van der Waals surface area contributed by atoms with Crippen LogP contribution in [0.3, 0.4) is 0 Å². The lowest BCUT2D eigenvalue weighted by molar-refractivity contribution is 0.398. The van der Waals surface area contributed by atoms with Crippen molar-refractivity contribution >= 4 is 5.82 Å². The van der Waals surface area contributed by atoms with E-state index in [0.29, 0.717) is 5.88 Å². The number of hydrogen-bond donors (Lipinski definition) is 1. The van der Waals surface area contributed by atoms with Crippen molar-refractivity contribution in [2.75, 3.05) is 12.4 Å². The van der Waals surface area contributed by atoms with Crippen molar-refractivity contribution in [2.24, 2.45) is 0 Å². The number of rotatable bonds is 3. The van der Waals surface area contributed by atoms with Crippen LogP contribution in [0.4, 0.5) is 5.82 Å². The van der Waals surface area contributed by atoms with Crippen LogP contribution in [0.1, 0.15) is 6.92 Å². The highest BCUT2D eigenvalue weighted by Crippen LogP contribution is 2.11. The minimum Gasteiger partial charge on any atom is -0.481 e. The standard InChI is InChI=1S/C10H12N2O/c1-4-8(2)11-9-6-5-7-10(12-9)13-3/h1,5-8H,2-3H3,(H,11,12). The van der Waals surface area contributed by atoms with Crippen LogP contribution in [-0.2, 0) is 0 Å². The lowest BCUT2D eigenvalue weighted by Gasteiger charge is -2.08. The zero-order chi connectivity index (χ0) is 9.68. The Labute approximate surface area is 78.1 Å². The highest BCUT2D eigenvalue weighted by molar-refractivity contribution is 5.39. The molecule has 0 saturated heterocycles. The molecule has 3 heteroatoms. The monoisotopic (exact) mass is 176 g/mol. The molecule has 0 radical (unpaired) electrons. The number of nitrogens with zero attached hydrogens (tertiary/aromatic N) is 1. The van der Waals surface area contributed by atoms with Crippen LogP contribution < -0.4 is 10.1 Å². The molecule has 0 aliphatic carbocycles. The van der Waals surface area contributed by atoms with Gasteiger partial charge >= 0.3 is 0 Å². The van der Waals surface area contributed by atoms with E-state index in [1.54, 1.807) is 13.2 Å². The number of ether oxygens (including phenoxy) is 1. The summed E-state index contributed by atoms with van der Waals surface area (Å²) in [6.45, 7) is 1.89. The van der Waals surface area contributed by atoms with E-state index in [2.05, 4.69) is 16.2 Å². The minimum absolute atomic E-state index is 0.0281. The topological polar surface area (TPSA) is 34.1 Å². The van der Waals surface area contributed by atoms with Gasteiger partial charge < -0.3 is 10.1 Å². The van der Waals surface area contributed by atoms with Crippen molar-refractivity contribution < 1.29 is 4.74 Å². The maximum Gasteiger partial charge on any atom is 0.214 e. The Morgan fingerprint density at radius 1 is 1.62 bits per heavy atom. The van der Waals surface area contributed by atoms with Gasteiger partial charge in [0.05, 0.1) is 13.2 Å². The summed E-state index contributed by atoms with van der Waals surface area (Å²) >= 11 is 0. The summed E-state index contributed by atoms with van der Waals surface area (Å²) in [4.78, 5) is 4.15. The van der Waals surface area contributed by atoms with Gasteiger partial charge in [-0.15, -0.1) is 6.42 Å². The SMILES string of the molecule is C#CC(C)Nc1cccc(OC)n1. The molecule has 1 rings (SSSR count). The van der Waals surface area contributed by atoms with Crippen LogP contribution in [0.25, 0.3) is 0 Å². The lowest BCUT2D eigenvalue weighted by atomic mass is 10.3. The van der Waals surface area contributed by atoms with Crippen LogP contribution in [0, 0.1) is 12.3 Å². The number of anilines is 1. The molecular formula is C10H12N2O. The molecule has 0 aliphatic rings. The molecular weight excluding hydrogens is 164 g/mol. The summed E-state index contributed by atoms with van der Waals surface area (Å²) in [7, 11) is 1.58. The van der Waals surface area contributed by atoms with E-state index in [0.717, 1.165) is 5.82 Å². The molecule has 1 aromatic heterocycles. The Kier molecular flexibility index (Phi) is 3.15. The number of pyridine rings is 1. The average molecular weight is 176 g/mol. The van der Waals surface area contributed by atoms with Gasteiger partial charge in [-0.3, -0.25) is 0 Å². The van der Waals surface area contributed by atoms with Gasteiger partial charge in [-0.25, -0.2) is 0 Å². The maximum atomic E-state index is 5.22. The number of methoxy groups -OCH3 is 1. The highest BCUT2D eigenvalue weighted by Gasteiger charge is 1.99. The number of nitrogens with one attached hydrogen (secondary N) is 1. The largest absolute Gasteiger partial charge is 0.481 e. The fraction of sp³-hybridized carbons (Fsp3) is 0.300. The Morgan fingerprint density at radius 2 is 2.38 bits per heavy atom. The Balaban J connectivity index is 2.73. The second-order valence-electron chi connectivity index (χ2n) is 2.60. The van der Waals surface area contributed by atoms with Gasteiger partial charge in [0.15, 0.2) is 0 Å². The third-order valence-electron chi connectivity index (χ3n) is 1.55. The second-order valence-corrected chi connectivity index (χ2v) is 2.60. The van der Waals surface area contributed by atoms with E-state index in [1.807, 2.05) is 19.1 Å². The van der Waals surface area contributed by atoms with Crippen LogP contribution in [0.2, 0.25) is 0 Å². The number of aromatic nitrogens is 1. The summed E-state index contributed by atoms with van der Waals surface area (Å²) in [5.41, 5.74) is 0. The molecule has 1 atom stereocenters. The van der Waals surface area contributed by atoms with Gasteiger partial charge in [0.1, 0.15) is 5.82 Å². The van der Waals surface area contributed by atoms with E-state index in [-0.39, 0.29) is 6.04 Å². The predicted octanol–water partition coefficient (Wildman–Crippen LogP) is 1.52. The Bertz CT molecular complexity index is 317.